The second-order valence-corrected chi connectivity index (χ2v) is 13.8. The van der Waals surface area contributed by atoms with Gasteiger partial charge >= 0.3 is 0 Å². The Bertz CT molecular complexity index is 2840. The van der Waals surface area contributed by atoms with Gasteiger partial charge in [0.1, 0.15) is 23.2 Å². The first kappa shape index (κ1) is 32.4. The molecule has 4 heteroatoms. The molecule has 0 amide bonds. The summed E-state index contributed by atoms with van der Waals surface area (Å²) in [6, 6.07) is 69.9. The quantitative estimate of drug-likeness (QED) is 0.179. The van der Waals surface area contributed by atoms with Crippen molar-refractivity contribution < 1.29 is 4.42 Å². The Morgan fingerprint density at radius 2 is 0.782 bits per heavy atom. The molecule has 55 heavy (non-hydrogen) atoms. The molecule has 0 saturated carbocycles. The van der Waals surface area contributed by atoms with Crippen LogP contribution in [0.3, 0.4) is 0 Å². The summed E-state index contributed by atoms with van der Waals surface area (Å²) in [7, 11) is 0. The first-order valence-corrected chi connectivity index (χ1v) is 18.6. The van der Waals surface area contributed by atoms with E-state index in [0.717, 1.165) is 66.7 Å². The van der Waals surface area contributed by atoms with Crippen LogP contribution < -0.4 is 5.32 Å². The Labute approximate surface area is 319 Å². The molecule has 0 saturated heterocycles. The molecule has 0 aliphatic carbocycles. The summed E-state index contributed by atoms with van der Waals surface area (Å²) in [5, 5.41) is 5.81. The lowest BCUT2D eigenvalue weighted by molar-refractivity contribution is 0.668. The third-order valence-electron chi connectivity index (χ3n) is 10.4. The van der Waals surface area contributed by atoms with Crippen molar-refractivity contribution in [1.29, 1.82) is 0 Å². The van der Waals surface area contributed by atoms with Crippen LogP contribution in [0.25, 0.3) is 66.4 Å². The average Bonchev–Trinajstić information content (AvgIpc) is 3.67. The smallest absolute Gasteiger partial charge is 0.159 e. The van der Waals surface area contributed by atoms with Crippen LogP contribution in [0, 0.1) is 0 Å². The van der Waals surface area contributed by atoms with Crippen molar-refractivity contribution in [2.24, 2.45) is 9.98 Å². The van der Waals surface area contributed by atoms with Gasteiger partial charge < -0.3 is 9.73 Å². The fourth-order valence-electron chi connectivity index (χ4n) is 7.59. The lowest BCUT2D eigenvalue weighted by atomic mass is 9.95. The van der Waals surface area contributed by atoms with E-state index in [1.807, 2.05) is 30.3 Å². The maximum atomic E-state index is 6.56. The van der Waals surface area contributed by atoms with Crippen LogP contribution in [0.15, 0.2) is 215 Å². The van der Waals surface area contributed by atoms with Crippen molar-refractivity contribution >= 4 is 33.6 Å². The largest absolute Gasteiger partial charge is 0.456 e. The molecule has 9 aromatic rings. The first-order chi connectivity index (χ1) is 27.2. The monoisotopic (exact) mass is 705 g/mol. The van der Waals surface area contributed by atoms with Crippen LogP contribution in [0.5, 0.6) is 0 Å². The molecule has 260 valence electrons. The highest BCUT2D eigenvalue weighted by Crippen LogP contribution is 2.39. The lowest BCUT2D eigenvalue weighted by Crippen LogP contribution is -2.33. The van der Waals surface area contributed by atoms with Gasteiger partial charge in [-0.3, -0.25) is 0 Å². The highest BCUT2D eigenvalue weighted by atomic mass is 16.3. The second kappa shape index (κ2) is 13.9. The Hall–Kier alpha value is -7.30. The van der Waals surface area contributed by atoms with Crippen LogP contribution >= 0.6 is 0 Å². The molecule has 1 aromatic heterocycles. The molecule has 1 unspecified atom stereocenters. The van der Waals surface area contributed by atoms with E-state index >= 15 is 0 Å². The fraction of sp³-hybridized carbons (Fsp3) is 0.0196. The predicted octanol–water partition coefficient (Wildman–Crippen LogP) is 12.7. The number of benzene rings is 8. The number of amidine groups is 2. The summed E-state index contributed by atoms with van der Waals surface area (Å²) in [4.78, 5) is 10.5. The summed E-state index contributed by atoms with van der Waals surface area (Å²) < 4.78 is 6.56. The zero-order valence-electron chi connectivity index (χ0n) is 29.9. The maximum absolute atomic E-state index is 6.56. The summed E-state index contributed by atoms with van der Waals surface area (Å²) in [6.07, 6.45) is -0.362. The van der Waals surface area contributed by atoms with Gasteiger partial charge in [-0.25, -0.2) is 9.98 Å². The standard InChI is InChI=1S/C51H35N3O/c1-4-12-34(13-5-1)37-22-28-40(29-23-37)43-18-10-20-45-47(43)48-44(19-11-21-46(48)55-45)51-53-49(41-30-24-38(25-31-41)35-14-6-2-7-15-35)52-50(54-51)42-32-26-39(27-33-42)36-16-8-3-9-17-36/h1-33,49H,(H,52,53,54). The van der Waals surface area contributed by atoms with Crippen molar-refractivity contribution in [3.05, 3.63) is 217 Å². The van der Waals surface area contributed by atoms with Gasteiger partial charge in [0.25, 0.3) is 0 Å². The van der Waals surface area contributed by atoms with E-state index in [0.29, 0.717) is 5.84 Å². The van der Waals surface area contributed by atoms with E-state index in [-0.39, 0.29) is 6.17 Å². The molecule has 1 aliphatic heterocycles. The Kier molecular flexibility index (Phi) is 8.19. The van der Waals surface area contributed by atoms with Crippen molar-refractivity contribution in [2.75, 3.05) is 0 Å². The summed E-state index contributed by atoms with van der Waals surface area (Å²) in [5.41, 5.74) is 13.9. The molecule has 1 N–H and O–H groups in total. The molecule has 10 rings (SSSR count). The molecule has 0 radical (unpaired) electrons. The van der Waals surface area contributed by atoms with E-state index < -0.39 is 0 Å². The average molecular weight is 706 g/mol. The Morgan fingerprint density at radius 3 is 1.31 bits per heavy atom. The molecular formula is C51H35N3O. The van der Waals surface area contributed by atoms with Gasteiger partial charge in [0.15, 0.2) is 5.84 Å². The molecule has 4 nitrogen and oxygen atoms in total. The molecule has 1 atom stereocenters. The SMILES string of the molecule is c1ccc(-c2ccc(C3=NC(c4ccc(-c5ccccc5)cc4)NC(c4cccc5oc6cccc(-c7ccc(-c8ccccc8)cc7)c6c45)=N3)cc2)cc1. The van der Waals surface area contributed by atoms with Crippen molar-refractivity contribution in [1.82, 2.24) is 5.32 Å². The minimum Gasteiger partial charge on any atom is -0.456 e. The number of hydrogen-bond acceptors (Lipinski definition) is 4. The second-order valence-electron chi connectivity index (χ2n) is 13.8. The van der Waals surface area contributed by atoms with Gasteiger partial charge in [0, 0.05) is 21.9 Å². The van der Waals surface area contributed by atoms with Crippen LogP contribution in [0.4, 0.5) is 0 Å². The zero-order valence-corrected chi connectivity index (χ0v) is 29.9. The van der Waals surface area contributed by atoms with Crippen LogP contribution in [-0.4, -0.2) is 11.7 Å². The predicted molar refractivity (Wildman–Crippen MR) is 227 cm³/mol. The first-order valence-electron chi connectivity index (χ1n) is 18.6. The highest BCUT2D eigenvalue weighted by Gasteiger charge is 2.25. The van der Waals surface area contributed by atoms with Crippen molar-refractivity contribution in [3.8, 4) is 44.5 Å². The summed E-state index contributed by atoms with van der Waals surface area (Å²) >= 11 is 0. The normalized spacial score (nSPS) is 14.0. The van der Waals surface area contributed by atoms with Gasteiger partial charge in [-0.2, -0.15) is 0 Å². The fourth-order valence-corrected chi connectivity index (χ4v) is 7.59. The number of fused-ring (bicyclic) bond motifs is 3. The van der Waals surface area contributed by atoms with Crippen LogP contribution in [0.1, 0.15) is 22.9 Å². The van der Waals surface area contributed by atoms with Gasteiger partial charge in [-0.1, -0.05) is 188 Å². The van der Waals surface area contributed by atoms with Crippen LogP contribution in [0.2, 0.25) is 0 Å². The number of aliphatic imine (C=N–C) groups is 2. The Morgan fingerprint density at radius 1 is 0.364 bits per heavy atom. The molecular weight excluding hydrogens is 671 g/mol. The number of rotatable bonds is 7. The topological polar surface area (TPSA) is 49.9 Å². The lowest BCUT2D eigenvalue weighted by Gasteiger charge is -2.24. The minimum atomic E-state index is -0.362. The number of nitrogens with zero attached hydrogens (tertiary/aromatic N) is 2. The number of hydrogen-bond donors (Lipinski definition) is 1. The van der Waals surface area contributed by atoms with Gasteiger partial charge in [-0.15, -0.1) is 0 Å². The van der Waals surface area contributed by atoms with Crippen molar-refractivity contribution in [3.63, 3.8) is 0 Å². The number of nitrogens with one attached hydrogen (secondary N) is 1. The summed E-state index contributed by atoms with van der Waals surface area (Å²) in [5.74, 6) is 1.42. The zero-order chi connectivity index (χ0) is 36.6. The van der Waals surface area contributed by atoms with Gasteiger partial charge in [0.2, 0.25) is 0 Å². The van der Waals surface area contributed by atoms with Crippen molar-refractivity contribution in [2.45, 2.75) is 6.17 Å². The molecule has 0 fully saturated rings. The Balaban J connectivity index is 1.09. The minimum absolute atomic E-state index is 0.362. The summed E-state index contributed by atoms with van der Waals surface area (Å²) in [6.45, 7) is 0. The van der Waals surface area contributed by atoms with Gasteiger partial charge in [0.05, 0.1) is 0 Å². The molecule has 0 spiro atoms. The highest BCUT2D eigenvalue weighted by molar-refractivity contribution is 6.24. The molecule has 8 aromatic carbocycles. The molecule has 1 aliphatic rings. The maximum Gasteiger partial charge on any atom is 0.159 e. The van der Waals surface area contributed by atoms with E-state index in [4.69, 9.17) is 14.4 Å². The third-order valence-corrected chi connectivity index (χ3v) is 10.4. The third kappa shape index (κ3) is 6.20. The molecule has 0 bridgehead atoms. The van der Waals surface area contributed by atoms with E-state index in [1.165, 1.54) is 22.3 Å². The number of furan rings is 1. The van der Waals surface area contributed by atoms with E-state index in [2.05, 4.69) is 175 Å². The molecule has 2 heterocycles. The van der Waals surface area contributed by atoms with E-state index in [1.54, 1.807) is 0 Å². The van der Waals surface area contributed by atoms with E-state index in [9.17, 15) is 0 Å². The van der Waals surface area contributed by atoms with Crippen LogP contribution in [-0.2, 0) is 0 Å². The van der Waals surface area contributed by atoms with Gasteiger partial charge in [-0.05, 0) is 62.2 Å².